The number of carbonyl (C=O) groups excluding carboxylic acids is 2. The number of unbranched alkanes of at least 4 members (excludes halogenated alkanes) is 20. The molecule has 0 bridgehead atoms. The summed E-state index contributed by atoms with van der Waals surface area (Å²) in [5.41, 5.74) is 0. The van der Waals surface area contributed by atoms with E-state index in [1.807, 2.05) is 19.0 Å². The van der Waals surface area contributed by atoms with Crippen molar-refractivity contribution in [2.45, 2.75) is 174 Å². The van der Waals surface area contributed by atoms with E-state index in [0.717, 1.165) is 25.7 Å². The molecule has 0 aromatic rings. The van der Waals surface area contributed by atoms with E-state index >= 15 is 0 Å². The van der Waals surface area contributed by atoms with E-state index < -0.39 is 6.10 Å². The molecule has 38 heavy (non-hydrogen) atoms. The molecule has 0 aliphatic heterocycles. The predicted molar refractivity (Wildman–Crippen MR) is 162 cm³/mol. The lowest BCUT2D eigenvalue weighted by Gasteiger charge is -2.21. The SMILES string of the molecule is CCCCCCCCCCCCCC(=O)OCC(CN(C)C)OC(=O)CCCCCCCCCCCCC. The zero-order valence-corrected chi connectivity index (χ0v) is 26.0. The highest BCUT2D eigenvalue weighted by Gasteiger charge is 2.18. The summed E-state index contributed by atoms with van der Waals surface area (Å²) in [7, 11) is 3.88. The van der Waals surface area contributed by atoms with Gasteiger partial charge in [-0.2, -0.15) is 0 Å². The summed E-state index contributed by atoms with van der Waals surface area (Å²) in [6.45, 7) is 5.23. The van der Waals surface area contributed by atoms with Crippen molar-refractivity contribution in [2.75, 3.05) is 27.2 Å². The van der Waals surface area contributed by atoms with Gasteiger partial charge in [0, 0.05) is 19.4 Å². The molecule has 0 fully saturated rings. The second-order valence-corrected chi connectivity index (χ2v) is 11.6. The van der Waals surface area contributed by atoms with Crippen LogP contribution in [0.4, 0.5) is 0 Å². The summed E-state index contributed by atoms with van der Waals surface area (Å²) >= 11 is 0. The summed E-state index contributed by atoms with van der Waals surface area (Å²) in [6.07, 6.45) is 28.3. The molecule has 226 valence electrons. The van der Waals surface area contributed by atoms with Crippen molar-refractivity contribution in [3.8, 4) is 0 Å². The number of ether oxygens (including phenoxy) is 2. The molecular formula is C33H65NO4. The lowest BCUT2D eigenvalue weighted by atomic mass is 10.1. The highest BCUT2D eigenvalue weighted by molar-refractivity contribution is 5.70. The molecule has 0 aliphatic rings. The van der Waals surface area contributed by atoms with Crippen LogP contribution in [-0.2, 0) is 19.1 Å². The van der Waals surface area contributed by atoms with Crippen molar-refractivity contribution in [1.29, 1.82) is 0 Å². The van der Waals surface area contributed by atoms with E-state index in [2.05, 4.69) is 13.8 Å². The van der Waals surface area contributed by atoms with Crippen molar-refractivity contribution >= 4 is 11.9 Å². The Morgan fingerprint density at radius 3 is 1.24 bits per heavy atom. The number of esters is 2. The Bertz CT molecular complexity index is 523. The van der Waals surface area contributed by atoms with Gasteiger partial charge < -0.3 is 14.4 Å². The smallest absolute Gasteiger partial charge is 0.306 e. The molecule has 1 atom stereocenters. The maximum atomic E-state index is 12.3. The van der Waals surface area contributed by atoms with E-state index in [0.29, 0.717) is 19.4 Å². The quantitative estimate of drug-likeness (QED) is 0.0700. The van der Waals surface area contributed by atoms with Crippen molar-refractivity contribution in [3.63, 3.8) is 0 Å². The summed E-state index contributed by atoms with van der Waals surface area (Å²) in [5.74, 6) is -0.347. The Morgan fingerprint density at radius 2 is 0.868 bits per heavy atom. The van der Waals surface area contributed by atoms with Crippen LogP contribution in [0.3, 0.4) is 0 Å². The van der Waals surface area contributed by atoms with Crippen LogP contribution >= 0.6 is 0 Å². The Labute approximate surface area is 237 Å². The molecule has 5 heteroatoms. The van der Waals surface area contributed by atoms with Crippen molar-refractivity contribution in [2.24, 2.45) is 0 Å². The number of hydrogen-bond donors (Lipinski definition) is 0. The first kappa shape index (κ1) is 36.9. The molecule has 0 amide bonds. The maximum Gasteiger partial charge on any atom is 0.306 e. The molecule has 0 heterocycles. The van der Waals surface area contributed by atoms with E-state index in [1.165, 1.54) is 116 Å². The number of rotatable bonds is 29. The number of carbonyl (C=O) groups is 2. The van der Waals surface area contributed by atoms with Gasteiger partial charge in [-0.1, -0.05) is 142 Å². The van der Waals surface area contributed by atoms with E-state index in [-0.39, 0.29) is 18.5 Å². The standard InChI is InChI=1S/C33H65NO4/c1-5-7-9-11-13-15-17-19-21-23-25-27-32(35)37-30-31(29-34(3)4)38-33(36)28-26-24-22-20-18-16-14-12-10-8-6-2/h31H,5-30H2,1-4H3. The summed E-state index contributed by atoms with van der Waals surface area (Å²) in [5, 5.41) is 0. The molecule has 1 unspecified atom stereocenters. The first-order valence-corrected chi connectivity index (χ1v) is 16.5. The first-order chi connectivity index (χ1) is 18.5. The van der Waals surface area contributed by atoms with Crippen molar-refractivity contribution in [1.82, 2.24) is 4.90 Å². The topological polar surface area (TPSA) is 55.8 Å². The third-order valence-electron chi connectivity index (χ3n) is 7.27. The molecule has 5 nitrogen and oxygen atoms in total. The monoisotopic (exact) mass is 539 g/mol. The fraction of sp³-hybridized carbons (Fsp3) is 0.939. The van der Waals surface area contributed by atoms with Crippen LogP contribution in [0.2, 0.25) is 0 Å². The van der Waals surface area contributed by atoms with E-state index in [1.54, 1.807) is 0 Å². The van der Waals surface area contributed by atoms with Crippen LogP contribution in [0.1, 0.15) is 168 Å². The summed E-state index contributed by atoms with van der Waals surface area (Å²) < 4.78 is 11.1. The highest BCUT2D eigenvalue weighted by Crippen LogP contribution is 2.14. The maximum absolute atomic E-state index is 12.3. The van der Waals surface area contributed by atoms with Crippen molar-refractivity contribution < 1.29 is 19.1 Å². The largest absolute Gasteiger partial charge is 0.462 e. The molecule has 0 saturated heterocycles. The van der Waals surface area contributed by atoms with Crippen LogP contribution in [0.25, 0.3) is 0 Å². The van der Waals surface area contributed by atoms with Gasteiger partial charge in [0.05, 0.1) is 0 Å². The molecule has 0 radical (unpaired) electrons. The molecular weight excluding hydrogens is 474 g/mol. The van der Waals surface area contributed by atoms with Crippen LogP contribution in [0.15, 0.2) is 0 Å². The van der Waals surface area contributed by atoms with E-state index in [9.17, 15) is 9.59 Å². The molecule has 0 aromatic heterocycles. The third-order valence-corrected chi connectivity index (χ3v) is 7.27. The van der Waals surface area contributed by atoms with E-state index in [4.69, 9.17) is 9.47 Å². The number of likely N-dealkylation sites (N-methyl/N-ethyl adjacent to an activating group) is 1. The second-order valence-electron chi connectivity index (χ2n) is 11.6. The molecule has 0 N–H and O–H groups in total. The lowest BCUT2D eigenvalue weighted by Crippen LogP contribution is -2.34. The average Bonchev–Trinajstić information content (AvgIpc) is 2.88. The molecule has 0 spiro atoms. The Hall–Kier alpha value is -1.10. The fourth-order valence-electron chi connectivity index (χ4n) is 4.90. The highest BCUT2D eigenvalue weighted by atomic mass is 16.6. The Morgan fingerprint density at radius 1 is 0.526 bits per heavy atom. The van der Waals surface area contributed by atoms with Gasteiger partial charge in [0.1, 0.15) is 12.7 Å². The molecule has 0 rings (SSSR count). The second kappa shape index (κ2) is 28.9. The van der Waals surface area contributed by atoms with Gasteiger partial charge in [-0.3, -0.25) is 9.59 Å². The average molecular weight is 540 g/mol. The van der Waals surface area contributed by atoms with Crippen LogP contribution in [0, 0.1) is 0 Å². The van der Waals surface area contributed by atoms with Gasteiger partial charge in [-0.15, -0.1) is 0 Å². The lowest BCUT2D eigenvalue weighted by molar-refractivity contribution is -0.160. The molecule has 0 saturated carbocycles. The minimum absolute atomic E-state index is 0.152. The fourth-order valence-corrected chi connectivity index (χ4v) is 4.90. The Balaban J connectivity index is 3.80. The van der Waals surface area contributed by atoms with Crippen LogP contribution in [-0.4, -0.2) is 50.2 Å². The molecule has 0 aliphatic carbocycles. The minimum atomic E-state index is -0.397. The third kappa shape index (κ3) is 27.9. The minimum Gasteiger partial charge on any atom is -0.462 e. The van der Waals surface area contributed by atoms with Crippen LogP contribution < -0.4 is 0 Å². The van der Waals surface area contributed by atoms with Gasteiger partial charge in [-0.05, 0) is 26.9 Å². The Kier molecular flexibility index (Phi) is 28.1. The van der Waals surface area contributed by atoms with Gasteiger partial charge >= 0.3 is 11.9 Å². The van der Waals surface area contributed by atoms with Crippen molar-refractivity contribution in [3.05, 3.63) is 0 Å². The van der Waals surface area contributed by atoms with Crippen LogP contribution in [0.5, 0.6) is 0 Å². The summed E-state index contributed by atoms with van der Waals surface area (Å²) in [6, 6.07) is 0. The number of nitrogens with zero attached hydrogens (tertiary/aromatic N) is 1. The van der Waals surface area contributed by atoms with Gasteiger partial charge in [0.25, 0.3) is 0 Å². The van der Waals surface area contributed by atoms with Gasteiger partial charge in [0.15, 0.2) is 0 Å². The zero-order chi connectivity index (χ0) is 28.1. The first-order valence-electron chi connectivity index (χ1n) is 16.5. The zero-order valence-electron chi connectivity index (χ0n) is 26.0. The van der Waals surface area contributed by atoms with Gasteiger partial charge in [0.2, 0.25) is 0 Å². The number of hydrogen-bond acceptors (Lipinski definition) is 5. The summed E-state index contributed by atoms with van der Waals surface area (Å²) in [4.78, 5) is 26.5. The van der Waals surface area contributed by atoms with Gasteiger partial charge in [-0.25, -0.2) is 0 Å². The predicted octanol–water partition coefficient (Wildman–Crippen LogP) is 9.41. The normalized spacial score (nSPS) is 12.1. The molecule has 0 aromatic carbocycles.